The first-order valence-electron chi connectivity index (χ1n) is 8.34. The maximum atomic E-state index is 12.5. The monoisotopic (exact) mass is 348 g/mol. The lowest BCUT2D eigenvalue weighted by Crippen LogP contribution is -2.59. The Labute approximate surface area is 146 Å². The molecule has 3 unspecified atom stereocenters. The molecule has 1 fully saturated rings. The molecule has 8 heteroatoms. The molecule has 1 aromatic heterocycles. The Balaban J connectivity index is 1.95. The minimum atomic E-state index is -1.28. The molecule has 2 rings (SSSR count). The summed E-state index contributed by atoms with van der Waals surface area (Å²) in [6, 6.07) is 3.87. The minimum Gasteiger partial charge on any atom is -0.381 e. The van der Waals surface area contributed by atoms with Gasteiger partial charge in [0.15, 0.2) is 6.10 Å². The number of hydrogen-bond donors (Lipinski definition) is 4. The van der Waals surface area contributed by atoms with Crippen molar-refractivity contribution in [2.24, 2.45) is 5.92 Å². The highest BCUT2D eigenvalue weighted by molar-refractivity contribution is 5.89. The SMILES string of the molecule is CC(C)C(NC(=O)Cc1ccccn1)C(=O)NC1CCNC(=O)C1O. The van der Waals surface area contributed by atoms with Crippen LogP contribution in [0, 0.1) is 5.92 Å². The summed E-state index contributed by atoms with van der Waals surface area (Å²) in [4.78, 5) is 40.3. The maximum Gasteiger partial charge on any atom is 0.250 e. The van der Waals surface area contributed by atoms with Gasteiger partial charge in [0.1, 0.15) is 6.04 Å². The summed E-state index contributed by atoms with van der Waals surface area (Å²) in [6.45, 7) is 4.02. The van der Waals surface area contributed by atoms with Gasteiger partial charge in [0, 0.05) is 18.4 Å². The van der Waals surface area contributed by atoms with Crippen molar-refractivity contribution in [3.63, 3.8) is 0 Å². The molecule has 0 radical (unpaired) electrons. The molecule has 1 aromatic rings. The number of pyridine rings is 1. The number of carbonyl (C=O) groups is 3. The summed E-state index contributed by atoms with van der Waals surface area (Å²) in [5, 5.41) is 17.8. The van der Waals surface area contributed by atoms with Crippen LogP contribution in [-0.2, 0) is 20.8 Å². The molecule has 0 aromatic carbocycles. The lowest BCUT2D eigenvalue weighted by atomic mass is 9.99. The maximum absolute atomic E-state index is 12.5. The average molecular weight is 348 g/mol. The van der Waals surface area contributed by atoms with Crippen LogP contribution in [0.2, 0.25) is 0 Å². The van der Waals surface area contributed by atoms with Crippen molar-refractivity contribution in [2.75, 3.05) is 6.54 Å². The van der Waals surface area contributed by atoms with E-state index in [1.807, 2.05) is 13.8 Å². The van der Waals surface area contributed by atoms with Gasteiger partial charge in [-0.3, -0.25) is 19.4 Å². The zero-order valence-corrected chi connectivity index (χ0v) is 14.4. The van der Waals surface area contributed by atoms with E-state index in [4.69, 9.17) is 0 Å². The van der Waals surface area contributed by atoms with E-state index in [9.17, 15) is 19.5 Å². The van der Waals surface area contributed by atoms with Gasteiger partial charge in [-0.1, -0.05) is 19.9 Å². The van der Waals surface area contributed by atoms with Gasteiger partial charge >= 0.3 is 0 Å². The Morgan fingerprint density at radius 3 is 2.80 bits per heavy atom. The summed E-state index contributed by atoms with van der Waals surface area (Å²) < 4.78 is 0. The molecule has 1 saturated heterocycles. The van der Waals surface area contributed by atoms with E-state index in [2.05, 4.69) is 20.9 Å². The normalized spacial score (nSPS) is 21.4. The van der Waals surface area contributed by atoms with E-state index in [1.54, 1.807) is 24.4 Å². The van der Waals surface area contributed by atoms with Gasteiger partial charge in [0.05, 0.1) is 12.5 Å². The van der Waals surface area contributed by atoms with Crippen molar-refractivity contribution in [2.45, 2.75) is 44.9 Å². The highest BCUT2D eigenvalue weighted by Crippen LogP contribution is 2.08. The fourth-order valence-electron chi connectivity index (χ4n) is 2.65. The number of nitrogens with one attached hydrogen (secondary N) is 3. The third-order valence-corrected chi connectivity index (χ3v) is 4.07. The molecule has 0 bridgehead atoms. The van der Waals surface area contributed by atoms with Crippen molar-refractivity contribution in [3.8, 4) is 0 Å². The number of aliphatic hydroxyl groups excluding tert-OH is 1. The predicted octanol–water partition coefficient (Wildman–Crippen LogP) is -0.869. The molecule has 0 saturated carbocycles. The molecular formula is C17H24N4O4. The molecule has 1 aliphatic rings. The van der Waals surface area contributed by atoms with Crippen molar-refractivity contribution in [1.82, 2.24) is 20.9 Å². The fourth-order valence-corrected chi connectivity index (χ4v) is 2.65. The molecule has 0 spiro atoms. The molecule has 25 heavy (non-hydrogen) atoms. The van der Waals surface area contributed by atoms with E-state index < -0.39 is 30.0 Å². The van der Waals surface area contributed by atoms with Gasteiger partial charge in [0.2, 0.25) is 11.8 Å². The molecular weight excluding hydrogens is 324 g/mol. The summed E-state index contributed by atoms with van der Waals surface area (Å²) >= 11 is 0. The minimum absolute atomic E-state index is 0.0752. The Hall–Kier alpha value is -2.48. The molecule has 3 atom stereocenters. The Morgan fingerprint density at radius 1 is 1.40 bits per heavy atom. The quantitative estimate of drug-likeness (QED) is 0.533. The largest absolute Gasteiger partial charge is 0.381 e. The van der Waals surface area contributed by atoms with Crippen LogP contribution in [0.15, 0.2) is 24.4 Å². The van der Waals surface area contributed by atoms with Crippen LogP contribution in [0.1, 0.15) is 26.0 Å². The Bertz CT molecular complexity index is 620. The lowest BCUT2D eigenvalue weighted by molar-refractivity contribution is -0.136. The number of nitrogens with zero attached hydrogens (tertiary/aromatic N) is 1. The molecule has 4 N–H and O–H groups in total. The predicted molar refractivity (Wildman–Crippen MR) is 90.3 cm³/mol. The highest BCUT2D eigenvalue weighted by Gasteiger charge is 2.33. The van der Waals surface area contributed by atoms with Gasteiger partial charge in [-0.15, -0.1) is 0 Å². The van der Waals surface area contributed by atoms with Gasteiger partial charge in [0.25, 0.3) is 5.91 Å². The van der Waals surface area contributed by atoms with Crippen LogP contribution in [0.25, 0.3) is 0 Å². The average Bonchev–Trinajstić information content (AvgIpc) is 2.57. The van der Waals surface area contributed by atoms with Crippen LogP contribution in [0.4, 0.5) is 0 Å². The Kier molecular flexibility index (Phi) is 6.46. The first-order chi connectivity index (χ1) is 11.9. The molecule has 8 nitrogen and oxygen atoms in total. The van der Waals surface area contributed by atoms with Crippen LogP contribution in [0.5, 0.6) is 0 Å². The zero-order chi connectivity index (χ0) is 18.4. The number of amides is 3. The summed E-state index contributed by atoms with van der Waals surface area (Å²) in [5.41, 5.74) is 0.613. The summed E-state index contributed by atoms with van der Waals surface area (Å²) in [5.74, 6) is -1.38. The number of aromatic nitrogens is 1. The number of piperidine rings is 1. The van der Waals surface area contributed by atoms with Crippen LogP contribution in [-0.4, -0.2) is 52.5 Å². The smallest absolute Gasteiger partial charge is 0.250 e. The highest BCUT2D eigenvalue weighted by atomic mass is 16.3. The van der Waals surface area contributed by atoms with E-state index in [-0.39, 0.29) is 18.2 Å². The molecule has 2 heterocycles. The second-order valence-corrected chi connectivity index (χ2v) is 6.43. The fraction of sp³-hybridized carbons (Fsp3) is 0.529. The number of carbonyl (C=O) groups excluding carboxylic acids is 3. The van der Waals surface area contributed by atoms with E-state index >= 15 is 0 Å². The zero-order valence-electron chi connectivity index (χ0n) is 14.4. The third-order valence-electron chi connectivity index (χ3n) is 4.07. The van der Waals surface area contributed by atoms with Crippen molar-refractivity contribution < 1.29 is 19.5 Å². The van der Waals surface area contributed by atoms with Crippen molar-refractivity contribution >= 4 is 17.7 Å². The first-order valence-corrected chi connectivity index (χ1v) is 8.34. The summed E-state index contributed by atoms with van der Waals surface area (Å²) in [7, 11) is 0. The Morgan fingerprint density at radius 2 is 2.16 bits per heavy atom. The second-order valence-electron chi connectivity index (χ2n) is 6.43. The van der Waals surface area contributed by atoms with Gasteiger partial charge in [-0.05, 0) is 24.5 Å². The second kappa shape index (κ2) is 8.57. The number of rotatable bonds is 6. The van der Waals surface area contributed by atoms with Gasteiger partial charge < -0.3 is 21.1 Å². The van der Waals surface area contributed by atoms with Crippen LogP contribution in [0.3, 0.4) is 0 Å². The van der Waals surface area contributed by atoms with Gasteiger partial charge in [-0.25, -0.2) is 0 Å². The molecule has 1 aliphatic heterocycles. The summed E-state index contributed by atoms with van der Waals surface area (Å²) in [6.07, 6.45) is 0.830. The topological polar surface area (TPSA) is 120 Å². The molecule has 136 valence electrons. The van der Waals surface area contributed by atoms with Crippen LogP contribution >= 0.6 is 0 Å². The number of hydrogen-bond acceptors (Lipinski definition) is 5. The molecule has 0 aliphatic carbocycles. The van der Waals surface area contributed by atoms with E-state index in [0.29, 0.717) is 18.7 Å². The van der Waals surface area contributed by atoms with E-state index in [0.717, 1.165) is 0 Å². The molecule has 3 amide bonds. The van der Waals surface area contributed by atoms with E-state index in [1.165, 1.54) is 0 Å². The van der Waals surface area contributed by atoms with Gasteiger partial charge in [-0.2, -0.15) is 0 Å². The standard InChI is InChI=1S/C17H24N4O4/c1-10(2)14(21-13(22)9-11-5-3-4-7-18-11)16(24)20-12-6-8-19-17(25)15(12)23/h3-5,7,10,12,14-15,23H,6,8-9H2,1-2H3,(H,19,25)(H,20,24)(H,21,22). The van der Waals surface area contributed by atoms with Crippen molar-refractivity contribution in [1.29, 1.82) is 0 Å². The lowest BCUT2D eigenvalue weighted by Gasteiger charge is -2.30. The number of aliphatic hydroxyl groups is 1. The van der Waals surface area contributed by atoms with Crippen LogP contribution < -0.4 is 16.0 Å². The van der Waals surface area contributed by atoms with Crippen molar-refractivity contribution in [3.05, 3.63) is 30.1 Å². The first kappa shape index (κ1) is 18.9. The third kappa shape index (κ3) is 5.25.